The van der Waals surface area contributed by atoms with Crippen molar-refractivity contribution in [3.63, 3.8) is 0 Å². The van der Waals surface area contributed by atoms with Crippen LogP contribution < -0.4 is 0 Å². The van der Waals surface area contributed by atoms with Crippen LogP contribution in [0.3, 0.4) is 0 Å². The lowest BCUT2D eigenvalue weighted by atomic mass is 10.5. The zero-order valence-electron chi connectivity index (χ0n) is 10.8. The van der Waals surface area contributed by atoms with Gasteiger partial charge in [0.2, 0.25) is 0 Å². The summed E-state index contributed by atoms with van der Waals surface area (Å²) in [5.74, 6) is -0.230. The summed E-state index contributed by atoms with van der Waals surface area (Å²) in [5.41, 5.74) is 0. The van der Waals surface area contributed by atoms with E-state index in [9.17, 15) is 4.79 Å². The first-order chi connectivity index (χ1) is 7.68. The number of rotatable bonds is 8. The molecule has 0 N–H and O–H groups in total. The van der Waals surface area contributed by atoms with Gasteiger partial charge >= 0.3 is 5.97 Å². The van der Waals surface area contributed by atoms with Crippen LogP contribution in [0, 0.1) is 0 Å². The minimum absolute atomic E-state index is 0. The monoisotopic (exact) mass is 268 g/mol. The van der Waals surface area contributed by atoms with Crippen molar-refractivity contribution in [2.75, 3.05) is 40.8 Å². The highest BCUT2D eigenvalue weighted by Crippen LogP contribution is 1.82. The zero-order chi connectivity index (χ0) is 12.6. The van der Waals surface area contributed by atoms with Crippen molar-refractivity contribution in [2.24, 2.45) is 0 Å². The lowest BCUT2D eigenvalue weighted by Crippen LogP contribution is -2.02. The van der Waals surface area contributed by atoms with Gasteiger partial charge in [0.15, 0.2) is 0 Å². The molecule has 0 aliphatic heterocycles. The number of hydrogen-bond acceptors (Lipinski definition) is 5. The molecule has 0 unspecified atom stereocenters. The summed E-state index contributed by atoms with van der Waals surface area (Å²) in [6.07, 6.45) is 1.83. The van der Waals surface area contributed by atoms with Gasteiger partial charge in [0.1, 0.15) is 6.79 Å². The number of methoxy groups -OCH3 is 2. The van der Waals surface area contributed by atoms with Crippen molar-refractivity contribution in [3.8, 4) is 0 Å². The predicted octanol–water partition coefficient (Wildman–Crippen LogP) is 2.88. The normalized spacial score (nSPS) is 8.22. The van der Waals surface area contributed by atoms with Crippen LogP contribution in [0.5, 0.6) is 0 Å². The molecule has 0 spiro atoms. The molecule has 114 valence electrons. The standard InChI is InChI=1S/C6H12O3.C5H12O2.2CH4/c1-6(7)9-5-3-4-8-2;1-3-4-7-5-6-2;;/h3-5H2,1-2H3;3-5H2,1-2H3;2*1H4. The highest BCUT2D eigenvalue weighted by molar-refractivity contribution is 5.65. The Balaban J connectivity index is -0.000000100. The second-order valence-electron chi connectivity index (χ2n) is 3.00. The molecule has 0 aromatic rings. The van der Waals surface area contributed by atoms with Gasteiger partial charge in [-0.05, 0) is 6.42 Å². The molecule has 0 fully saturated rings. The van der Waals surface area contributed by atoms with Crippen LogP contribution in [0.15, 0.2) is 0 Å². The molecular formula is C13H32O5. The average Bonchev–Trinajstić information content (AvgIpc) is 2.26. The quantitative estimate of drug-likeness (QED) is 0.385. The molecule has 18 heavy (non-hydrogen) atoms. The van der Waals surface area contributed by atoms with Gasteiger partial charge in [-0.1, -0.05) is 21.8 Å². The van der Waals surface area contributed by atoms with Crippen molar-refractivity contribution in [3.05, 3.63) is 0 Å². The van der Waals surface area contributed by atoms with Crippen LogP contribution in [0.4, 0.5) is 0 Å². The number of carbonyl (C=O) groups is 1. The van der Waals surface area contributed by atoms with E-state index in [4.69, 9.17) is 9.47 Å². The van der Waals surface area contributed by atoms with E-state index in [0.717, 1.165) is 19.4 Å². The van der Waals surface area contributed by atoms with Crippen molar-refractivity contribution >= 4 is 5.97 Å². The van der Waals surface area contributed by atoms with Gasteiger partial charge in [-0.15, -0.1) is 0 Å². The van der Waals surface area contributed by atoms with Crippen LogP contribution in [-0.4, -0.2) is 46.8 Å². The molecule has 0 aliphatic carbocycles. The minimum atomic E-state index is -0.230. The van der Waals surface area contributed by atoms with Crippen LogP contribution >= 0.6 is 0 Å². The smallest absolute Gasteiger partial charge is 0.302 e. The summed E-state index contributed by atoms with van der Waals surface area (Å²) in [5, 5.41) is 0. The first kappa shape index (κ1) is 26.0. The van der Waals surface area contributed by atoms with Gasteiger partial charge < -0.3 is 18.9 Å². The molecule has 5 nitrogen and oxygen atoms in total. The van der Waals surface area contributed by atoms with E-state index in [-0.39, 0.29) is 20.8 Å². The minimum Gasteiger partial charge on any atom is -0.466 e. The number of esters is 1. The van der Waals surface area contributed by atoms with Crippen LogP contribution in [0.1, 0.15) is 41.5 Å². The Morgan fingerprint density at radius 2 is 1.61 bits per heavy atom. The molecule has 0 aromatic heterocycles. The lowest BCUT2D eigenvalue weighted by molar-refractivity contribution is -0.141. The molecule has 0 saturated heterocycles. The Labute approximate surface area is 113 Å². The summed E-state index contributed by atoms with van der Waals surface area (Å²) < 4.78 is 18.9. The van der Waals surface area contributed by atoms with E-state index in [1.54, 1.807) is 14.2 Å². The number of ether oxygens (including phenoxy) is 4. The number of hydrogen-bond donors (Lipinski definition) is 0. The molecular weight excluding hydrogens is 236 g/mol. The third kappa shape index (κ3) is 36.2. The first-order valence-electron chi connectivity index (χ1n) is 5.38. The Hall–Kier alpha value is -0.650. The highest BCUT2D eigenvalue weighted by Gasteiger charge is 1.90. The second-order valence-corrected chi connectivity index (χ2v) is 3.00. The van der Waals surface area contributed by atoms with Crippen molar-refractivity contribution < 1.29 is 23.7 Å². The average molecular weight is 268 g/mol. The topological polar surface area (TPSA) is 54.0 Å². The molecule has 0 atom stereocenters. The first-order valence-corrected chi connectivity index (χ1v) is 5.38. The van der Waals surface area contributed by atoms with E-state index in [1.807, 2.05) is 0 Å². The van der Waals surface area contributed by atoms with E-state index in [1.165, 1.54) is 6.92 Å². The molecule has 0 aliphatic rings. The van der Waals surface area contributed by atoms with Gasteiger partial charge in [-0.25, -0.2) is 0 Å². The molecule has 5 heteroatoms. The summed E-state index contributed by atoms with van der Waals surface area (Å²) in [4.78, 5) is 10.1. The summed E-state index contributed by atoms with van der Waals surface area (Å²) in [6, 6.07) is 0. The van der Waals surface area contributed by atoms with E-state index in [2.05, 4.69) is 16.4 Å². The van der Waals surface area contributed by atoms with Crippen molar-refractivity contribution in [1.29, 1.82) is 0 Å². The maximum atomic E-state index is 10.1. The van der Waals surface area contributed by atoms with Gasteiger partial charge in [-0.3, -0.25) is 4.79 Å². The maximum absolute atomic E-state index is 10.1. The summed E-state index contributed by atoms with van der Waals surface area (Å²) in [7, 11) is 3.24. The molecule has 0 rings (SSSR count). The van der Waals surface area contributed by atoms with Gasteiger partial charge in [0.25, 0.3) is 0 Å². The summed E-state index contributed by atoms with van der Waals surface area (Å²) >= 11 is 0. The zero-order valence-corrected chi connectivity index (χ0v) is 10.8. The SMILES string of the molecule is C.C.CCCOCOC.COCCCOC(C)=O. The van der Waals surface area contributed by atoms with Gasteiger partial charge in [0, 0.05) is 40.8 Å². The van der Waals surface area contributed by atoms with E-state index >= 15 is 0 Å². The second kappa shape index (κ2) is 25.3. The van der Waals surface area contributed by atoms with Crippen LogP contribution in [-0.2, 0) is 23.7 Å². The molecule has 0 heterocycles. The van der Waals surface area contributed by atoms with Gasteiger partial charge in [-0.2, -0.15) is 0 Å². The maximum Gasteiger partial charge on any atom is 0.302 e. The lowest BCUT2D eigenvalue weighted by Gasteiger charge is -1.98. The van der Waals surface area contributed by atoms with Crippen molar-refractivity contribution in [2.45, 2.75) is 41.5 Å². The van der Waals surface area contributed by atoms with Crippen LogP contribution in [0.2, 0.25) is 0 Å². The van der Waals surface area contributed by atoms with E-state index in [0.29, 0.717) is 20.0 Å². The number of carbonyl (C=O) groups excluding carboxylic acids is 1. The van der Waals surface area contributed by atoms with E-state index < -0.39 is 0 Å². The molecule has 0 aromatic carbocycles. The fraction of sp³-hybridized carbons (Fsp3) is 0.923. The van der Waals surface area contributed by atoms with Crippen LogP contribution in [0.25, 0.3) is 0 Å². The third-order valence-electron chi connectivity index (χ3n) is 1.35. The molecule has 0 amide bonds. The highest BCUT2D eigenvalue weighted by atomic mass is 16.7. The van der Waals surface area contributed by atoms with Gasteiger partial charge in [0.05, 0.1) is 6.61 Å². The fourth-order valence-corrected chi connectivity index (χ4v) is 0.706. The largest absolute Gasteiger partial charge is 0.466 e. The Morgan fingerprint density at radius 3 is 2.00 bits per heavy atom. The molecule has 0 saturated carbocycles. The fourth-order valence-electron chi connectivity index (χ4n) is 0.706. The third-order valence-corrected chi connectivity index (χ3v) is 1.35. The Kier molecular flexibility index (Phi) is 36.5. The molecule has 0 radical (unpaired) electrons. The Bertz CT molecular complexity index is 135. The Morgan fingerprint density at radius 1 is 1.00 bits per heavy atom. The van der Waals surface area contributed by atoms with Crippen molar-refractivity contribution in [1.82, 2.24) is 0 Å². The summed E-state index contributed by atoms with van der Waals surface area (Å²) in [6.45, 7) is 5.79. The predicted molar refractivity (Wildman–Crippen MR) is 74.7 cm³/mol. The molecule has 0 bridgehead atoms.